The molecule has 2 aromatic rings. The highest BCUT2D eigenvalue weighted by Crippen LogP contribution is 2.23. The van der Waals surface area contributed by atoms with E-state index in [9.17, 15) is 18.7 Å². The average Bonchev–Trinajstić information content (AvgIpc) is 2.82. The predicted molar refractivity (Wildman–Crippen MR) is 71.5 cm³/mol. The molecule has 0 aliphatic rings. The standard InChI is InChI=1S/C14H15F2N3O2/c1-14(21,11-4-3-10(15)5-12(11)16)8-17-13(20)9-6-18-19(2)7-9/h3-7,21H,8H2,1-2H3,(H,17,20). The first kappa shape index (κ1) is 15.1. The van der Waals surface area contributed by atoms with Crippen LogP contribution in [0.15, 0.2) is 30.6 Å². The number of amides is 1. The van der Waals surface area contributed by atoms with Crippen molar-refractivity contribution in [3.63, 3.8) is 0 Å². The lowest BCUT2D eigenvalue weighted by molar-refractivity contribution is 0.0494. The molecule has 112 valence electrons. The lowest BCUT2D eigenvalue weighted by Gasteiger charge is -2.24. The highest BCUT2D eigenvalue weighted by atomic mass is 19.1. The van der Waals surface area contributed by atoms with Crippen LogP contribution in [0.2, 0.25) is 0 Å². The number of hydrogen-bond donors (Lipinski definition) is 2. The summed E-state index contributed by atoms with van der Waals surface area (Å²) in [4.78, 5) is 11.8. The molecular weight excluding hydrogens is 280 g/mol. The van der Waals surface area contributed by atoms with Crippen LogP contribution in [0.5, 0.6) is 0 Å². The molecule has 5 nitrogen and oxygen atoms in total. The highest BCUT2D eigenvalue weighted by molar-refractivity contribution is 5.93. The van der Waals surface area contributed by atoms with Crippen LogP contribution >= 0.6 is 0 Å². The van der Waals surface area contributed by atoms with Gasteiger partial charge in [-0.1, -0.05) is 6.07 Å². The summed E-state index contributed by atoms with van der Waals surface area (Å²) in [7, 11) is 1.67. The van der Waals surface area contributed by atoms with E-state index in [0.29, 0.717) is 11.6 Å². The first-order valence-corrected chi connectivity index (χ1v) is 6.24. The number of halogens is 2. The third kappa shape index (κ3) is 3.43. The van der Waals surface area contributed by atoms with Crippen molar-refractivity contribution in [1.82, 2.24) is 15.1 Å². The van der Waals surface area contributed by atoms with E-state index < -0.39 is 23.1 Å². The molecule has 1 aromatic carbocycles. The second-order valence-electron chi connectivity index (χ2n) is 4.98. The number of hydrogen-bond acceptors (Lipinski definition) is 3. The summed E-state index contributed by atoms with van der Waals surface area (Å²) in [5, 5.41) is 16.6. The SMILES string of the molecule is Cn1cc(C(=O)NCC(C)(O)c2ccc(F)cc2F)cn1. The summed E-state index contributed by atoms with van der Waals surface area (Å²) in [5.74, 6) is -2.03. The normalized spacial score (nSPS) is 13.8. The van der Waals surface area contributed by atoms with Crippen molar-refractivity contribution >= 4 is 5.91 Å². The van der Waals surface area contributed by atoms with Gasteiger partial charge in [0.25, 0.3) is 5.91 Å². The molecular formula is C14H15F2N3O2. The Labute approximate surface area is 120 Å². The van der Waals surface area contributed by atoms with E-state index >= 15 is 0 Å². The first-order chi connectivity index (χ1) is 9.79. The second kappa shape index (κ2) is 5.61. The molecule has 0 saturated carbocycles. The second-order valence-corrected chi connectivity index (χ2v) is 4.98. The van der Waals surface area contributed by atoms with Crippen molar-refractivity contribution < 1.29 is 18.7 Å². The summed E-state index contributed by atoms with van der Waals surface area (Å²) in [5.41, 5.74) is -1.42. The molecule has 1 amide bonds. The van der Waals surface area contributed by atoms with Gasteiger partial charge in [0.05, 0.1) is 18.3 Å². The highest BCUT2D eigenvalue weighted by Gasteiger charge is 2.27. The van der Waals surface area contributed by atoms with Crippen LogP contribution in [0.25, 0.3) is 0 Å². The van der Waals surface area contributed by atoms with E-state index in [0.717, 1.165) is 12.1 Å². The molecule has 0 bridgehead atoms. The molecule has 1 aromatic heterocycles. The Morgan fingerprint density at radius 1 is 1.48 bits per heavy atom. The van der Waals surface area contributed by atoms with Crippen LogP contribution in [0.4, 0.5) is 8.78 Å². The molecule has 0 spiro atoms. The molecule has 0 aliphatic carbocycles. The van der Waals surface area contributed by atoms with Crippen LogP contribution in [0.3, 0.4) is 0 Å². The first-order valence-electron chi connectivity index (χ1n) is 6.24. The van der Waals surface area contributed by atoms with Crippen LogP contribution in [-0.2, 0) is 12.6 Å². The number of carbonyl (C=O) groups excluding carboxylic acids is 1. The molecule has 1 unspecified atom stereocenters. The topological polar surface area (TPSA) is 67.2 Å². The van der Waals surface area contributed by atoms with Crippen LogP contribution in [0.1, 0.15) is 22.8 Å². The fraction of sp³-hybridized carbons (Fsp3) is 0.286. The Kier molecular flexibility index (Phi) is 4.04. The third-order valence-corrected chi connectivity index (χ3v) is 3.07. The van der Waals surface area contributed by atoms with Gasteiger partial charge >= 0.3 is 0 Å². The summed E-state index contributed by atoms with van der Waals surface area (Å²) in [6.45, 7) is 1.12. The van der Waals surface area contributed by atoms with Crippen LogP contribution < -0.4 is 5.32 Å². The van der Waals surface area contributed by atoms with Crippen molar-refractivity contribution in [3.05, 3.63) is 53.4 Å². The quantitative estimate of drug-likeness (QED) is 0.894. The number of aryl methyl sites for hydroxylation is 1. The van der Waals surface area contributed by atoms with Gasteiger partial charge in [0.15, 0.2) is 0 Å². The van der Waals surface area contributed by atoms with Gasteiger partial charge < -0.3 is 10.4 Å². The Morgan fingerprint density at radius 3 is 2.76 bits per heavy atom. The summed E-state index contributed by atoms with van der Waals surface area (Å²) in [6.07, 6.45) is 2.89. The Hall–Kier alpha value is -2.28. The van der Waals surface area contributed by atoms with Gasteiger partial charge in [0.1, 0.15) is 17.2 Å². The zero-order valence-electron chi connectivity index (χ0n) is 11.6. The lowest BCUT2D eigenvalue weighted by atomic mass is 9.95. The fourth-order valence-electron chi connectivity index (χ4n) is 1.91. The lowest BCUT2D eigenvalue weighted by Crippen LogP contribution is -2.39. The van der Waals surface area contributed by atoms with E-state index in [1.54, 1.807) is 7.05 Å². The molecule has 21 heavy (non-hydrogen) atoms. The average molecular weight is 295 g/mol. The van der Waals surface area contributed by atoms with Crippen molar-refractivity contribution in [3.8, 4) is 0 Å². The minimum atomic E-state index is -1.66. The summed E-state index contributed by atoms with van der Waals surface area (Å²) in [6, 6.07) is 2.89. The minimum absolute atomic E-state index is 0.0876. The van der Waals surface area contributed by atoms with E-state index in [2.05, 4.69) is 10.4 Å². The molecule has 2 N–H and O–H groups in total. The monoisotopic (exact) mass is 295 g/mol. The summed E-state index contributed by atoms with van der Waals surface area (Å²) < 4.78 is 28.0. The zero-order valence-corrected chi connectivity index (χ0v) is 11.6. The van der Waals surface area contributed by atoms with E-state index in [4.69, 9.17) is 0 Å². The zero-order chi connectivity index (χ0) is 15.6. The predicted octanol–water partition coefficient (Wildman–Crippen LogP) is 1.34. The van der Waals surface area contributed by atoms with Gasteiger partial charge in [-0.25, -0.2) is 8.78 Å². The number of carbonyl (C=O) groups is 1. The van der Waals surface area contributed by atoms with Crippen molar-refractivity contribution in [1.29, 1.82) is 0 Å². The van der Waals surface area contributed by atoms with Gasteiger partial charge in [-0.3, -0.25) is 9.48 Å². The number of nitrogens with one attached hydrogen (secondary N) is 1. The molecule has 0 radical (unpaired) electrons. The Balaban J connectivity index is 2.09. The Morgan fingerprint density at radius 2 is 2.19 bits per heavy atom. The van der Waals surface area contributed by atoms with Gasteiger partial charge in [-0.15, -0.1) is 0 Å². The van der Waals surface area contributed by atoms with Gasteiger partial charge in [0.2, 0.25) is 0 Å². The maximum atomic E-state index is 13.7. The van der Waals surface area contributed by atoms with E-state index in [1.165, 1.54) is 24.0 Å². The minimum Gasteiger partial charge on any atom is -0.383 e. The number of aromatic nitrogens is 2. The molecule has 0 saturated heterocycles. The van der Waals surface area contributed by atoms with Gasteiger partial charge in [0, 0.05) is 24.9 Å². The van der Waals surface area contributed by atoms with Gasteiger partial charge in [-0.2, -0.15) is 5.10 Å². The third-order valence-electron chi connectivity index (χ3n) is 3.07. The molecule has 0 aliphatic heterocycles. The summed E-state index contributed by atoms with van der Waals surface area (Å²) >= 11 is 0. The number of benzene rings is 1. The van der Waals surface area contributed by atoms with Crippen molar-refractivity contribution in [2.75, 3.05) is 6.54 Å². The molecule has 0 fully saturated rings. The molecule has 7 heteroatoms. The smallest absolute Gasteiger partial charge is 0.254 e. The fourth-order valence-corrected chi connectivity index (χ4v) is 1.91. The Bertz CT molecular complexity index is 668. The largest absolute Gasteiger partial charge is 0.383 e. The number of rotatable bonds is 4. The van der Waals surface area contributed by atoms with Crippen molar-refractivity contribution in [2.24, 2.45) is 7.05 Å². The molecule has 2 rings (SSSR count). The molecule has 1 atom stereocenters. The van der Waals surface area contributed by atoms with Crippen molar-refractivity contribution in [2.45, 2.75) is 12.5 Å². The van der Waals surface area contributed by atoms with Crippen LogP contribution in [-0.4, -0.2) is 27.3 Å². The maximum absolute atomic E-state index is 13.7. The number of nitrogens with zero attached hydrogens (tertiary/aromatic N) is 2. The number of aliphatic hydroxyl groups is 1. The maximum Gasteiger partial charge on any atom is 0.254 e. The van der Waals surface area contributed by atoms with Crippen LogP contribution in [0, 0.1) is 11.6 Å². The van der Waals surface area contributed by atoms with E-state index in [-0.39, 0.29) is 12.1 Å². The van der Waals surface area contributed by atoms with Gasteiger partial charge in [-0.05, 0) is 13.0 Å². The van der Waals surface area contributed by atoms with E-state index in [1.807, 2.05) is 0 Å². The molecule has 1 heterocycles.